The van der Waals surface area contributed by atoms with Crippen LogP contribution < -0.4 is 5.32 Å². The normalized spacial score (nSPS) is 12.4. The van der Waals surface area contributed by atoms with Gasteiger partial charge in [-0.1, -0.05) is 35.9 Å². The third kappa shape index (κ3) is 3.72. The van der Waals surface area contributed by atoms with E-state index >= 15 is 0 Å². The molecule has 2 aromatic rings. The van der Waals surface area contributed by atoms with Gasteiger partial charge in [-0.05, 0) is 46.6 Å². The molecule has 4 heteroatoms. The molecule has 0 aliphatic carbocycles. The largest absolute Gasteiger partial charge is 0.506 e. The summed E-state index contributed by atoms with van der Waals surface area (Å²) in [4.78, 5) is 0. The van der Waals surface area contributed by atoms with Crippen molar-refractivity contribution in [3.63, 3.8) is 0 Å². The Morgan fingerprint density at radius 3 is 2.74 bits per heavy atom. The summed E-state index contributed by atoms with van der Waals surface area (Å²) in [6.45, 7) is 2.67. The molecule has 19 heavy (non-hydrogen) atoms. The number of phenolic OH excluding ortho intramolecular Hbond substituents is 1. The van der Waals surface area contributed by atoms with E-state index in [9.17, 15) is 5.11 Å². The van der Waals surface area contributed by atoms with Crippen molar-refractivity contribution in [1.29, 1.82) is 0 Å². The van der Waals surface area contributed by atoms with Crippen LogP contribution in [-0.4, -0.2) is 5.11 Å². The van der Waals surface area contributed by atoms with Crippen LogP contribution in [0.25, 0.3) is 0 Å². The molecule has 0 aromatic heterocycles. The van der Waals surface area contributed by atoms with Crippen LogP contribution in [0.15, 0.2) is 46.9 Å². The first-order valence-corrected chi connectivity index (χ1v) is 7.20. The van der Waals surface area contributed by atoms with Gasteiger partial charge in [0.25, 0.3) is 0 Å². The number of benzene rings is 2. The van der Waals surface area contributed by atoms with Crippen molar-refractivity contribution >= 4 is 27.5 Å². The van der Waals surface area contributed by atoms with Crippen LogP contribution >= 0.6 is 27.5 Å². The van der Waals surface area contributed by atoms with Crippen molar-refractivity contribution < 1.29 is 5.11 Å². The minimum atomic E-state index is 0.164. The predicted molar refractivity (Wildman–Crippen MR) is 82.5 cm³/mol. The van der Waals surface area contributed by atoms with Crippen molar-refractivity contribution in [2.24, 2.45) is 0 Å². The lowest BCUT2D eigenvalue weighted by Gasteiger charge is -2.15. The number of halogens is 2. The molecule has 0 spiro atoms. The van der Waals surface area contributed by atoms with Gasteiger partial charge >= 0.3 is 0 Å². The maximum absolute atomic E-state index is 9.92. The Bertz CT molecular complexity index is 574. The first kappa shape index (κ1) is 14.4. The van der Waals surface area contributed by atoms with E-state index in [2.05, 4.69) is 28.2 Å². The number of para-hydroxylation sites is 1. The molecule has 0 bridgehead atoms. The average Bonchev–Trinajstić information content (AvgIpc) is 2.40. The number of aromatic hydroxyl groups is 1. The quantitative estimate of drug-likeness (QED) is 0.848. The summed E-state index contributed by atoms with van der Waals surface area (Å²) in [5.41, 5.74) is 1.99. The average molecular weight is 341 g/mol. The molecule has 0 radical (unpaired) electrons. The predicted octanol–water partition coefficient (Wildman–Crippen LogP) is 4.66. The van der Waals surface area contributed by atoms with E-state index < -0.39 is 0 Å². The Morgan fingerprint density at radius 2 is 2.00 bits per heavy atom. The maximum Gasteiger partial charge on any atom is 0.134 e. The van der Waals surface area contributed by atoms with Crippen LogP contribution in [0.1, 0.15) is 24.1 Å². The summed E-state index contributed by atoms with van der Waals surface area (Å²) in [6.07, 6.45) is 0. The fraction of sp³-hybridized carbons (Fsp3) is 0.200. The highest BCUT2D eigenvalue weighted by molar-refractivity contribution is 9.10. The number of rotatable bonds is 4. The van der Waals surface area contributed by atoms with Crippen molar-refractivity contribution in [3.8, 4) is 5.75 Å². The van der Waals surface area contributed by atoms with Crippen LogP contribution in [0.3, 0.4) is 0 Å². The Balaban J connectivity index is 2.04. The third-order valence-corrected chi connectivity index (χ3v) is 3.89. The van der Waals surface area contributed by atoms with Gasteiger partial charge in [-0.3, -0.25) is 0 Å². The zero-order valence-electron chi connectivity index (χ0n) is 10.5. The fourth-order valence-corrected chi connectivity index (χ4v) is 2.47. The van der Waals surface area contributed by atoms with Crippen molar-refractivity contribution in [2.75, 3.05) is 0 Å². The smallest absolute Gasteiger partial charge is 0.134 e. The van der Waals surface area contributed by atoms with Gasteiger partial charge in [0.15, 0.2) is 0 Å². The fourth-order valence-electron chi connectivity index (χ4n) is 1.86. The van der Waals surface area contributed by atoms with Crippen LogP contribution in [0, 0.1) is 0 Å². The number of hydrogen-bond acceptors (Lipinski definition) is 2. The minimum Gasteiger partial charge on any atom is -0.506 e. The molecular formula is C15H15BrClNO. The standard InChI is InChI=1S/C15H15BrClNO/c1-10(11-4-2-6-13(17)8-11)18-9-12-5-3-7-14(16)15(12)19/h2-8,10,18-19H,9H2,1H3. The molecular weight excluding hydrogens is 326 g/mol. The van der Waals surface area contributed by atoms with Crippen molar-refractivity contribution in [2.45, 2.75) is 19.5 Å². The molecule has 0 heterocycles. The summed E-state index contributed by atoms with van der Waals surface area (Å²) in [5, 5.41) is 14.0. The van der Waals surface area contributed by atoms with Gasteiger partial charge in [0.2, 0.25) is 0 Å². The highest BCUT2D eigenvalue weighted by atomic mass is 79.9. The molecule has 0 fully saturated rings. The summed E-state index contributed by atoms with van der Waals surface area (Å²) in [5.74, 6) is 0.285. The van der Waals surface area contributed by atoms with Gasteiger partial charge in [0.05, 0.1) is 4.47 Å². The van der Waals surface area contributed by atoms with E-state index in [0.717, 1.165) is 16.1 Å². The second kappa shape index (κ2) is 6.42. The molecule has 2 N–H and O–H groups in total. The van der Waals surface area contributed by atoms with Gasteiger partial charge in [-0.2, -0.15) is 0 Å². The Hall–Kier alpha value is -1.03. The molecule has 1 atom stereocenters. The van der Waals surface area contributed by atoms with Gasteiger partial charge in [-0.15, -0.1) is 0 Å². The van der Waals surface area contributed by atoms with Gasteiger partial charge < -0.3 is 10.4 Å². The lowest BCUT2D eigenvalue weighted by atomic mass is 10.1. The van der Waals surface area contributed by atoms with Crippen LogP contribution in [-0.2, 0) is 6.54 Å². The van der Waals surface area contributed by atoms with E-state index in [1.54, 1.807) is 0 Å². The summed E-state index contributed by atoms with van der Waals surface area (Å²) in [7, 11) is 0. The Labute approximate surface area is 126 Å². The molecule has 0 saturated carbocycles. The maximum atomic E-state index is 9.92. The number of hydrogen-bond donors (Lipinski definition) is 2. The van der Waals surface area contributed by atoms with E-state index in [1.165, 1.54) is 0 Å². The van der Waals surface area contributed by atoms with Crippen molar-refractivity contribution in [1.82, 2.24) is 5.32 Å². The molecule has 0 amide bonds. The summed E-state index contributed by atoms with van der Waals surface area (Å²) >= 11 is 9.29. The molecule has 0 saturated heterocycles. The van der Waals surface area contributed by atoms with Crippen LogP contribution in [0.2, 0.25) is 5.02 Å². The molecule has 2 nitrogen and oxygen atoms in total. The topological polar surface area (TPSA) is 32.3 Å². The number of phenols is 1. The third-order valence-electron chi connectivity index (χ3n) is 3.02. The van der Waals surface area contributed by atoms with E-state index in [4.69, 9.17) is 11.6 Å². The van der Waals surface area contributed by atoms with Gasteiger partial charge in [0.1, 0.15) is 5.75 Å². The zero-order chi connectivity index (χ0) is 13.8. The first-order valence-electron chi connectivity index (χ1n) is 6.03. The Morgan fingerprint density at radius 1 is 1.26 bits per heavy atom. The van der Waals surface area contributed by atoms with Crippen LogP contribution in [0.5, 0.6) is 5.75 Å². The molecule has 0 aliphatic heterocycles. The second-order valence-electron chi connectivity index (χ2n) is 4.41. The first-order chi connectivity index (χ1) is 9.08. The molecule has 1 unspecified atom stereocenters. The molecule has 2 aromatic carbocycles. The highest BCUT2D eigenvalue weighted by Gasteiger charge is 2.08. The molecule has 100 valence electrons. The highest BCUT2D eigenvalue weighted by Crippen LogP contribution is 2.27. The summed E-state index contributed by atoms with van der Waals surface area (Å²) < 4.78 is 0.710. The molecule has 0 aliphatic rings. The minimum absolute atomic E-state index is 0.164. The second-order valence-corrected chi connectivity index (χ2v) is 5.70. The monoisotopic (exact) mass is 339 g/mol. The number of nitrogens with one attached hydrogen (secondary N) is 1. The lowest BCUT2D eigenvalue weighted by molar-refractivity contribution is 0.457. The van der Waals surface area contributed by atoms with Crippen LogP contribution in [0.4, 0.5) is 0 Å². The summed E-state index contributed by atoms with van der Waals surface area (Å²) in [6, 6.07) is 13.6. The van der Waals surface area contributed by atoms with E-state index in [1.807, 2.05) is 42.5 Å². The van der Waals surface area contributed by atoms with E-state index in [-0.39, 0.29) is 11.8 Å². The van der Waals surface area contributed by atoms with Gasteiger partial charge in [-0.25, -0.2) is 0 Å². The SMILES string of the molecule is CC(NCc1cccc(Br)c1O)c1cccc(Cl)c1. The van der Waals surface area contributed by atoms with E-state index in [0.29, 0.717) is 11.0 Å². The zero-order valence-corrected chi connectivity index (χ0v) is 12.9. The Kier molecular flexibility index (Phi) is 4.86. The molecule has 2 rings (SSSR count). The van der Waals surface area contributed by atoms with Crippen molar-refractivity contribution in [3.05, 3.63) is 63.1 Å². The lowest BCUT2D eigenvalue weighted by Crippen LogP contribution is -2.18. The van der Waals surface area contributed by atoms with Gasteiger partial charge in [0, 0.05) is 23.2 Å².